The molecule has 0 saturated heterocycles. The highest BCUT2D eigenvalue weighted by Gasteiger charge is 2.36. The third-order valence-corrected chi connectivity index (χ3v) is 8.32. The van der Waals surface area contributed by atoms with Gasteiger partial charge < -0.3 is 25.8 Å². The van der Waals surface area contributed by atoms with Crippen molar-refractivity contribution >= 4 is 17.8 Å². The maximum absolute atomic E-state index is 14.0. The van der Waals surface area contributed by atoms with Crippen molar-refractivity contribution in [2.75, 3.05) is 7.11 Å². The number of carbonyl (C=O) groups is 3. The van der Waals surface area contributed by atoms with Gasteiger partial charge >= 0.3 is 5.97 Å². The molecule has 5 rings (SSSR count). The van der Waals surface area contributed by atoms with Crippen LogP contribution in [-0.2, 0) is 25.7 Å². The Morgan fingerprint density at radius 3 is 1.83 bits per heavy atom. The van der Waals surface area contributed by atoms with Gasteiger partial charge in [0, 0.05) is 0 Å². The topological polar surface area (TPSA) is 120 Å². The van der Waals surface area contributed by atoms with Crippen LogP contribution >= 0.6 is 0 Å². The molecule has 2 amide bonds. The van der Waals surface area contributed by atoms with Gasteiger partial charge in [-0.15, -0.1) is 0 Å². The van der Waals surface area contributed by atoms with Gasteiger partial charge in [-0.05, 0) is 66.0 Å². The first-order valence-electron chi connectivity index (χ1n) is 15.7. The first-order chi connectivity index (χ1) is 22.4. The number of esters is 1. The fourth-order valence-corrected chi connectivity index (χ4v) is 5.58. The van der Waals surface area contributed by atoms with Crippen molar-refractivity contribution in [1.29, 1.82) is 0 Å². The maximum Gasteiger partial charge on any atom is 0.323 e. The summed E-state index contributed by atoms with van der Waals surface area (Å²) >= 11 is 0. The standard InChI is InChI=1S/C38H41N3O5/c1-45-31-21-19-30(20-22-31)35(29-17-18-29)41-36(42)33(24-23-32(39)38(44)46-25-26-11-5-2-6-12-26)40-37(43)34(27-13-7-3-8-14-27)28-15-9-4-10-16-28/h2-16,19-22,29,32-35H,17-18,23-25,39H2,1H3,(H,40,43)(H,41,42)/t32-,33+,35?/m0/s1. The van der Waals surface area contributed by atoms with Crippen molar-refractivity contribution in [1.82, 2.24) is 10.6 Å². The molecule has 0 radical (unpaired) electrons. The zero-order valence-corrected chi connectivity index (χ0v) is 26.0. The van der Waals surface area contributed by atoms with E-state index in [9.17, 15) is 14.4 Å². The lowest BCUT2D eigenvalue weighted by Crippen LogP contribution is -2.50. The molecule has 1 aliphatic rings. The van der Waals surface area contributed by atoms with Gasteiger partial charge in [-0.25, -0.2) is 0 Å². The molecule has 1 fully saturated rings. The van der Waals surface area contributed by atoms with Crippen molar-refractivity contribution in [3.63, 3.8) is 0 Å². The summed E-state index contributed by atoms with van der Waals surface area (Å²) in [4.78, 5) is 40.8. The molecule has 3 atom stereocenters. The molecule has 0 aromatic heterocycles. The Labute approximate surface area is 270 Å². The molecule has 1 aliphatic carbocycles. The van der Waals surface area contributed by atoms with Gasteiger partial charge in [0.2, 0.25) is 11.8 Å². The number of hydrogen-bond acceptors (Lipinski definition) is 6. The predicted molar refractivity (Wildman–Crippen MR) is 177 cm³/mol. The highest BCUT2D eigenvalue weighted by molar-refractivity contribution is 5.92. The molecule has 0 bridgehead atoms. The normalized spacial score (nSPS) is 14.5. The monoisotopic (exact) mass is 619 g/mol. The van der Waals surface area contributed by atoms with E-state index >= 15 is 0 Å². The lowest BCUT2D eigenvalue weighted by Gasteiger charge is -2.26. The molecular weight excluding hydrogens is 578 g/mol. The Kier molecular flexibility index (Phi) is 11.2. The average molecular weight is 620 g/mol. The summed E-state index contributed by atoms with van der Waals surface area (Å²) in [6.45, 7) is 0.106. The second-order valence-electron chi connectivity index (χ2n) is 11.7. The van der Waals surface area contributed by atoms with E-state index in [0.717, 1.165) is 40.8 Å². The Hall–Kier alpha value is -4.95. The quantitative estimate of drug-likeness (QED) is 0.153. The minimum atomic E-state index is -0.962. The number of nitrogens with one attached hydrogen (secondary N) is 2. The smallest absolute Gasteiger partial charge is 0.323 e. The zero-order chi connectivity index (χ0) is 32.3. The van der Waals surface area contributed by atoms with Crippen LogP contribution in [0.2, 0.25) is 0 Å². The summed E-state index contributed by atoms with van der Waals surface area (Å²) in [5.74, 6) is -0.810. The Morgan fingerprint density at radius 2 is 1.28 bits per heavy atom. The third-order valence-electron chi connectivity index (χ3n) is 8.32. The van der Waals surface area contributed by atoms with E-state index in [1.54, 1.807) is 7.11 Å². The first kappa shape index (κ1) is 32.4. The maximum atomic E-state index is 14.0. The lowest BCUT2D eigenvalue weighted by atomic mass is 9.90. The second-order valence-corrected chi connectivity index (χ2v) is 11.7. The third kappa shape index (κ3) is 8.82. The van der Waals surface area contributed by atoms with Crippen LogP contribution < -0.4 is 21.1 Å². The Balaban J connectivity index is 1.34. The number of carbonyl (C=O) groups excluding carboxylic acids is 3. The molecule has 4 N–H and O–H groups in total. The molecule has 238 valence electrons. The van der Waals surface area contributed by atoms with Crippen LogP contribution in [-0.4, -0.2) is 37.0 Å². The van der Waals surface area contributed by atoms with Crippen LogP contribution in [0.15, 0.2) is 115 Å². The summed E-state index contributed by atoms with van der Waals surface area (Å²) in [5.41, 5.74) is 9.68. The van der Waals surface area contributed by atoms with Gasteiger partial charge in [-0.1, -0.05) is 103 Å². The van der Waals surface area contributed by atoms with Crippen LogP contribution in [0.5, 0.6) is 5.75 Å². The van der Waals surface area contributed by atoms with Crippen molar-refractivity contribution < 1.29 is 23.9 Å². The molecule has 1 unspecified atom stereocenters. The molecule has 0 aliphatic heterocycles. The number of ether oxygens (including phenoxy) is 2. The van der Waals surface area contributed by atoms with E-state index in [0.29, 0.717) is 5.92 Å². The highest BCUT2D eigenvalue weighted by Crippen LogP contribution is 2.41. The number of hydrogen-bond donors (Lipinski definition) is 3. The molecule has 8 heteroatoms. The Bertz CT molecular complexity index is 1520. The summed E-state index contributed by atoms with van der Waals surface area (Å²) < 4.78 is 10.8. The Morgan fingerprint density at radius 1 is 0.717 bits per heavy atom. The van der Waals surface area contributed by atoms with E-state index in [1.165, 1.54) is 0 Å². The van der Waals surface area contributed by atoms with Crippen LogP contribution in [0.4, 0.5) is 0 Å². The number of rotatable bonds is 15. The van der Waals surface area contributed by atoms with Crippen LogP contribution in [0.25, 0.3) is 0 Å². The molecule has 1 saturated carbocycles. The minimum Gasteiger partial charge on any atom is -0.497 e. The SMILES string of the molecule is COc1ccc(C(NC(=O)[C@@H](CC[C@H](N)C(=O)OCc2ccccc2)NC(=O)C(c2ccccc2)c2ccccc2)C2CC2)cc1. The van der Waals surface area contributed by atoms with Crippen LogP contribution in [0, 0.1) is 5.92 Å². The molecule has 46 heavy (non-hydrogen) atoms. The minimum absolute atomic E-state index is 0.106. The largest absolute Gasteiger partial charge is 0.497 e. The summed E-state index contributed by atoms with van der Waals surface area (Å²) in [6, 6.07) is 33.8. The van der Waals surface area contributed by atoms with Crippen molar-refractivity contribution in [3.05, 3.63) is 138 Å². The van der Waals surface area contributed by atoms with E-state index in [2.05, 4.69) is 10.6 Å². The van der Waals surface area contributed by atoms with Crippen molar-refractivity contribution in [2.45, 2.75) is 56.3 Å². The van der Waals surface area contributed by atoms with Crippen LogP contribution in [0.1, 0.15) is 59.9 Å². The van der Waals surface area contributed by atoms with E-state index in [1.807, 2.05) is 115 Å². The second kappa shape index (κ2) is 15.9. The average Bonchev–Trinajstić information content (AvgIpc) is 3.95. The molecule has 0 heterocycles. The van der Waals surface area contributed by atoms with Gasteiger partial charge in [-0.3, -0.25) is 14.4 Å². The number of nitrogens with two attached hydrogens (primary N) is 1. The molecule has 4 aromatic carbocycles. The molecule has 8 nitrogen and oxygen atoms in total. The molecule has 4 aromatic rings. The van der Waals surface area contributed by atoms with Gasteiger partial charge in [0.25, 0.3) is 0 Å². The number of methoxy groups -OCH3 is 1. The van der Waals surface area contributed by atoms with Gasteiger partial charge in [-0.2, -0.15) is 0 Å². The number of benzene rings is 4. The predicted octanol–water partition coefficient (Wildman–Crippen LogP) is 5.43. The van der Waals surface area contributed by atoms with E-state index in [4.69, 9.17) is 15.2 Å². The summed E-state index contributed by atoms with van der Waals surface area (Å²) in [7, 11) is 1.61. The van der Waals surface area contributed by atoms with Gasteiger partial charge in [0.15, 0.2) is 0 Å². The highest BCUT2D eigenvalue weighted by atomic mass is 16.5. The number of amides is 2. The van der Waals surface area contributed by atoms with Crippen molar-refractivity contribution in [2.24, 2.45) is 11.7 Å². The van der Waals surface area contributed by atoms with Gasteiger partial charge in [0.05, 0.1) is 19.1 Å². The van der Waals surface area contributed by atoms with Crippen molar-refractivity contribution in [3.8, 4) is 5.75 Å². The fraction of sp³-hybridized carbons (Fsp3) is 0.289. The first-order valence-corrected chi connectivity index (χ1v) is 15.7. The fourth-order valence-electron chi connectivity index (χ4n) is 5.58. The summed E-state index contributed by atoms with van der Waals surface area (Å²) in [6.07, 6.45) is 2.28. The van der Waals surface area contributed by atoms with Crippen LogP contribution in [0.3, 0.4) is 0 Å². The summed E-state index contributed by atoms with van der Waals surface area (Å²) in [5, 5.41) is 6.23. The van der Waals surface area contributed by atoms with Gasteiger partial charge in [0.1, 0.15) is 24.4 Å². The van der Waals surface area contributed by atoms with E-state index in [-0.39, 0.29) is 37.3 Å². The lowest BCUT2D eigenvalue weighted by molar-refractivity contribution is -0.146. The molecular formula is C38H41N3O5. The van der Waals surface area contributed by atoms with E-state index < -0.39 is 24.0 Å². The molecule has 0 spiro atoms. The zero-order valence-electron chi connectivity index (χ0n) is 26.0.